The van der Waals surface area contributed by atoms with Crippen LogP contribution in [-0.4, -0.2) is 25.9 Å². The van der Waals surface area contributed by atoms with Crippen molar-refractivity contribution in [3.63, 3.8) is 0 Å². The summed E-state index contributed by atoms with van der Waals surface area (Å²) in [6, 6.07) is 16.3. The molecule has 2 aromatic carbocycles. The van der Waals surface area contributed by atoms with E-state index in [2.05, 4.69) is 10.6 Å². The van der Waals surface area contributed by atoms with Crippen molar-refractivity contribution >= 4 is 23.2 Å². The van der Waals surface area contributed by atoms with Crippen LogP contribution in [0.4, 0.5) is 11.4 Å². The molecular weight excluding hydrogens is 316 g/mol. The van der Waals surface area contributed by atoms with E-state index in [1.165, 1.54) is 0 Å². The molecule has 0 heterocycles. The van der Waals surface area contributed by atoms with Gasteiger partial charge in [0.25, 0.3) is 5.91 Å². The number of hydrogen-bond acceptors (Lipinski definition) is 4. The molecule has 0 aliphatic carbocycles. The summed E-state index contributed by atoms with van der Waals surface area (Å²) >= 11 is 0. The molecule has 0 bridgehead atoms. The highest BCUT2D eigenvalue weighted by molar-refractivity contribution is 6.04. The quantitative estimate of drug-likeness (QED) is 0.849. The zero-order chi connectivity index (χ0) is 18.2. The lowest BCUT2D eigenvalue weighted by Crippen LogP contribution is -2.23. The number of nitriles is 1. The van der Waals surface area contributed by atoms with Crippen molar-refractivity contribution in [1.29, 1.82) is 5.26 Å². The summed E-state index contributed by atoms with van der Waals surface area (Å²) in [5, 5.41) is 14.0. The van der Waals surface area contributed by atoms with Crippen LogP contribution in [0.3, 0.4) is 0 Å². The number of hydrogen-bond donors (Lipinski definition) is 2. The molecule has 0 spiro atoms. The van der Waals surface area contributed by atoms with Gasteiger partial charge >= 0.3 is 0 Å². The molecule has 0 fully saturated rings. The number of nitrogens with zero attached hydrogens (tertiary/aromatic N) is 2. The van der Waals surface area contributed by atoms with Gasteiger partial charge < -0.3 is 15.5 Å². The van der Waals surface area contributed by atoms with Crippen molar-refractivity contribution in [2.75, 3.05) is 24.3 Å². The van der Waals surface area contributed by atoms with Gasteiger partial charge in [-0.05, 0) is 35.9 Å². The van der Waals surface area contributed by atoms with E-state index in [4.69, 9.17) is 5.26 Å². The number of carbonyl (C=O) groups excluding carboxylic acids is 2. The van der Waals surface area contributed by atoms with Gasteiger partial charge in [0.2, 0.25) is 5.91 Å². The van der Waals surface area contributed by atoms with Gasteiger partial charge in [0.1, 0.15) is 6.42 Å². The molecule has 0 aromatic heterocycles. The van der Waals surface area contributed by atoms with Gasteiger partial charge in [-0.15, -0.1) is 0 Å². The van der Waals surface area contributed by atoms with E-state index in [0.29, 0.717) is 11.3 Å². The first-order chi connectivity index (χ1) is 12.0. The topological polar surface area (TPSA) is 85.2 Å². The molecule has 6 nitrogen and oxygen atoms in total. The standard InChI is InChI=1S/C19H20N4O2/c1-23(2)16-9-7-14(8-10-16)19(25)22-17-6-4-3-5-15(17)13-21-18(24)11-12-20/h3-10H,11,13H2,1-2H3,(H,21,24)(H,22,25). The van der Waals surface area contributed by atoms with Crippen LogP contribution >= 0.6 is 0 Å². The van der Waals surface area contributed by atoms with E-state index >= 15 is 0 Å². The molecule has 25 heavy (non-hydrogen) atoms. The van der Waals surface area contributed by atoms with Crippen LogP contribution < -0.4 is 15.5 Å². The van der Waals surface area contributed by atoms with Crippen LogP contribution in [-0.2, 0) is 11.3 Å². The Balaban J connectivity index is 2.08. The molecule has 2 N–H and O–H groups in total. The van der Waals surface area contributed by atoms with Crippen molar-refractivity contribution in [2.45, 2.75) is 13.0 Å². The highest BCUT2D eigenvalue weighted by Crippen LogP contribution is 2.17. The summed E-state index contributed by atoms with van der Waals surface area (Å²) in [5.41, 5.74) is 2.96. The Labute approximate surface area is 147 Å². The molecule has 0 saturated heterocycles. The molecule has 0 aliphatic heterocycles. The molecule has 0 saturated carbocycles. The van der Waals surface area contributed by atoms with Crippen LogP contribution in [0, 0.1) is 11.3 Å². The van der Waals surface area contributed by atoms with E-state index in [1.54, 1.807) is 24.3 Å². The number of amides is 2. The lowest BCUT2D eigenvalue weighted by molar-refractivity contribution is -0.120. The first kappa shape index (κ1) is 18.0. The van der Waals surface area contributed by atoms with Gasteiger partial charge in [-0.2, -0.15) is 5.26 Å². The van der Waals surface area contributed by atoms with Crippen molar-refractivity contribution in [3.8, 4) is 6.07 Å². The smallest absolute Gasteiger partial charge is 0.255 e. The predicted molar refractivity (Wildman–Crippen MR) is 97.2 cm³/mol. The van der Waals surface area contributed by atoms with E-state index < -0.39 is 0 Å². The number of nitrogens with one attached hydrogen (secondary N) is 2. The van der Waals surface area contributed by atoms with Crippen LogP contribution in [0.2, 0.25) is 0 Å². The highest BCUT2D eigenvalue weighted by atomic mass is 16.2. The Morgan fingerprint density at radius 1 is 1.08 bits per heavy atom. The molecule has 0 radical (unpaired) electrons. The number of para-hydroxylation sites is 1. The normalized spacial score (nSPS) is 9.80. The average molecular weight is 336 g/mol. The minimum Gasteiger partial charge on any atom is -0.378 e. The molecule has 0 atom stereocenters. The second-order valence-corrected chi connectivity index (χ2v) is 5.66. The summed E-state index contributed by atoms with van der Waals surface area (Å²) in [4.78, 5) is 25.8. The van der Waals surface area contributed by atoms with Gasteiger partial charge in [-0.1, -0.05) is 18.2 Å². The van der Waals surface area contributed by atoms with E-state index in [1.807, 2.05) is 49.3 Å². The van der Waals surface area contributed by atoms with Gasteiger partial charge in [0, 0.05) is 37.6 Å². The summed E-state index contributed by atoms with van der Waals surface area (Å²) in [7, 11) is 3.87. The highest BCUT2D eigenvalue weighted by Gasteiger charge is 2.10. The van der Waals surface area contributed by atoms with Crippen LogP contribution in [0.25, 0.3) is 0 Å². The maximum absolute atomic E-state index is 12.4. The van der Waals surface area contributed by atoms with Gasteiger partial charge in [-0.25, -0.2) is 0 Å². The molecule has 128 valence electrons. The molecule has 0 aliphatic rings. The van der Waals surface area contributed by atoms with Crippen LogP contribution in [0.15, 0.2) is 48.5 Å². The zero-order valence-electron chi connectivity index (χ0n) is 14.2. The van der Waals surface area contributed by atoms with Crippen LogP contribution in [0.5, 0.6) is 0 Å². The Bertz CT molecular complexity index is 792. The predicted octanol–water partition coefficient (Wildman–Crippen LogP) is 2.53. The molecule has 2 aromatic rings. The number of anilines is 2. The summed E-state index contributed by atoms with van der Waals surface area (Å²) < 4.78 is 0. The molecular formula is C19H20N4O2. The maximum atomic E-state index is 12.4. The number of rotatable bonds is 6. The molecule has 2 rings (SSSR count). The Kier molecular flexibility index (Phi) is 6.13. The lowest BCUT2D eigenvalue weighted by atomic mass is 10.1. The first-order valence-corrected chi connectivity index (χ1v) is 7.81. The molecule has 0 unspecified atom stereocenters. The fourth-order valence-corrected chi connectivity index (χ4v) is 2.23. The second-order valence-electron chi connectivity index (χ2n) is 5.66. The van der Waals surface area contributed by atoms with Gasteiger partial charge in [0.15, 0.2) is 0 Å². The maximum Gasteiger partial charge on any atom is 0.255 e. The average Bonchev–Trinajstić information content (AvgIpc) is 2.61. The Hall–Kier alpha value is -3.33. The molecule has 2 amide bonds. The van der Waals surface area contributed by atoms with Gasteiger partial charge in [-0.3, -0.25) is 9.59 Å². The fourth-order valence-electron chi connectivity index (χ4n) is 2.23. The van der Waals surface area contributed by atoms with Crippen molar-refractivity contribution < 1.29 is 9.59 Å². The van der Waals surface area contributed by atoms with Crippen LogP contribution in [0.1, 0.15) is 22.3 Å². The minimum absolute atomic E-state index is 0.188. The van der Waals surface area contributed by atoms with Crippen molar-refractivity contribution in [2.24, 2.45) is 0 Å². The summed E-state index contributed by atoms with van der Waals surface area (Å²) in [5.74, 6) is -0.566. The third-order valence-corrected chi connectivity index (χ3v) is 3.63. The number of carbonyl (C=O) groups is 2. The summed E-state index contributed by atoms with van der Waals surface area (Å²) in [6.07, 6.45) is -0.188. The minimum atomic E-state index is -0.345. The monoisotopic (exact) mass is 336 g/mol. The zero-order valence-corrected chi connectivity index (χ0v) is 14.2. The SMILES string of the molecule is CN(C)c1ccc(C(=O)Nc2ccccc2CNC(=O)CC#N)cc1. The van der Waals surface area contributed by atoms with E-state index in [0.717, 1.165) is 11.3 Å². The van der Waals surface area contributed by atoms with E-state index in [9.17, 15) is 9.59 Å². The lowest BCUT2D eigenvalue weighted by Gasteiger charge is -2.14. The second kappa shape index (κ2) is 8.50. The summed E-state index contributed by atoms with van der Waals surface area (Å²) in [6.45, 7) is 0.247. The third kappa shape index (κ3) is 5.08. The number of benzene rings is 2. The van der Waals surface area contributed by atoms with Gasteiger partial charge in [0.05, 0.1) is 6.07 Å². The van der Waals surface area contributed by atoms with E-state index in [-0.39, 0.29) is 24.8 Å². The third-order valence-electron chi connectivity index (χ3n) is 3.63. The molecule has 6 heteroatoms. The largest absolute Gasteiger partial charge is 0.378 e. The Morgan fingerprint density at radius 2 is 1.76 bits per heavy atom. The fraction of sp³-hybridized carbons (Fsp3) is 0.211. The van der Waals surface area contributed by atoms with Crippen molar-refractivity contribution in [3.05, 3.63) is 59.7 Å². The van der Waals surface area contributed by atoms with Crippen molar-refractivity contribution in [1.82, 2.24) is 5.32 Å². The Morgan fingerprint density at radius 3 is 2.40 bits per heavy atom. The first-order valence-electron chi connectivity index (χ1n) is 7.81.